The number of rotatable bonds is 3. The molecule has 0 spiro atoms. The van der Waals surface area contributed by atoms with E-state index in [1.807, 2.05) is 0 Å². The summed E-state index contributed by atoms with van der Waals surface area (Å²) in [5.74, 6) is 0.534. The van der Waals surface area contributed by atoms with E-state index >= 15 is 0 Å². The molecule has 0 unspecified atom stereocenters. The van der Waals surface area contributed by atoms with Crippen molar-refractivity contribution in [3.8, 4) is 0 Å². The van der Waals surface area contributed by atoms with E-state index in [4.69, 9.17) is 11.6 Å². The lowest BCUT2D eigenvalue weighted by molar-refractivity contribution is 1.16. The summed E-state index contributed by atoms with van der Waals surface area (Å²) in [5.41, 5.74) is 7.35. The van der Waals surface area contributed by atoms with Crippen molar-refractivity contribution in [1.82, 2.24) is 0 Å². The predicted molar refractivity (Wildman–Crippen MR) is 84.7 cm³/mol. The highest BCUT2D eigenvalue weighted by Crippen LogP contribution is 2.30. The predicted octanol–water partition coefficient (Wildman–Crippen LogP) is 5.12. The molecule has 0 aliphatic rings. The maximum Gasteiger partial charge on any atom is 0.0494 e. The Morgan fingerprint density at radius 1 is 0.895 bits per heavy atom. The third-order valence-corrected chi connectivity index (χ3v) is 3.62. The van der Waals surface area contributed by atoms with Crippen molar-refractivity contribution < 1.29 is 0 Å². The summed E-state index contributed by atoms with van der Waals surface area (Å²) in [6.07, 6.45) is 0. The lowest BCUT2D eigenvalue weighted by Crippen LogP contribution is -2.12. The van der Waals surface area contributed by atoms with Gasteiger partial charge in [0.1, 0.15) is 0 Å². The van der Waals surface area contributed by atoms with Crippen LogP contribution in [0.2, 0.25) is 0 Å². The molecule has 2 aromatic carbocycles. The average Bonchev–Trinajstić information content (AvgIpc) is 2.36. The first-order chi connectivity index (χ1) is 9.01. The summed E-state index contributed by atoms with van der Waals surface area (Å²) in [6.45, 7) is 6.35. The van der Waals surface area contributed by atoms with Crippen molar-refractivity contribution in [3.05, 3.63) is 58.7 Å². The van der Waals surface area contributed by atoms with Crippen molar-refractivity contribution in [2.24, 2.45) is 0 Å². The van der Waals surface area contributed by atoms with Crippen LogP contribution in [0.3, 0.4) is 0 Å². The van der Waals surface area contributed by atoms with Crippen molar-refractivity contribution in [3.63, 3.8) is 0 Å². The molecule has 0 atom stereocenters. The second-order valence-electron chi connectivity index (χ2n) is 5.17. The van der Waals surface area contributed by atoms with Gasteiger partial charge >= 0.3 is 0 Å². The van der Waals surface area contributed by atoms with E-state index in [1.54, 1.807) is 0 Å². The maximum atomic E-state index is 6.07. The molecule has 0 saturated heterocycles. The zero-order valence-electron chi connectivity index (χ0n) is 12.0. The lowest BCUT2D eigenvalue weighted by atomic mass is 10.1. The molecule has 0 heterocycles. The van der Waals surface area contributed by atoms with Gasteiger partial charge in [-0.1, -0.05) is 23.8 Å². The van der Waals surface area contributed by atoms with Gasteiger partial charge in [0.25, 0.3) is 0 Å². The molecule has 0 aromatic heterocycles. The number of benzene rings is 2. The largest absolute Gasteiger partial charge is 0.344 e. The second-order valence-corrected chi connectivity index (χ2v) is 5.44. The Labute approximate surface area is 120 Å². The van der Waals surface area contributed by atoms with Crippen LogP contribution in [-0.4, -0.2) is 7.05 Å². The van der Waals surface area contributed by atoms with Crippen molar-refractivity contribution in [2.45, 2.75) is 26.7 Å². The Kier molecular flexibility index (Phi) is 4.16. The number of hydrogen-bond acceptors (Lipinski definition) is 1. The SMILES string of the molecule is Cc1cc(C)cc(N(C)c2ccc(C)cc2CCl)c1. The first-order valence-corrected chi connectivity index (χ1v) is 7.02. The van der Waals surface area contributed by atoms with Crippen molar-refractivity contribution >= 4 is 23.0 Å². The third kappa shape index (κ3) is 3.10. The first-order valence-electron chi connectivity index (χ1n) is 6.49. The van der Waals surface area contributed by atoms with Crippen molar-refractivity contribution in [2.75, 3.05) is 11.9 Å². The number of halogens is 1. The molecule has 0 aliphatic heterocycles. The Bertz CT molecular complexity index is 570. The van der Waals surface area contributed by atoms with Gasteiger partial charge in [-0.2, -0.15) is 0 Å². The fourth-order valence-electron chi connectivity index (χ4n) is 2.43. The molecule has 0 bridgehead atoms. The summed E-state index contributed by atoms with van der Waals surface area (Å²) in [4.78, 5) is 2.21. The Balaban J connectivity index is 2.46. The van der Waals surface area contributed by atoms with Gasteiger partial charge in [-0.05, 0) is 55.7 Å². The van der Waals surface area contributed by atoms with Gasteiger partial charge in [0.15, 0.2) is 0 Å². The van der Waals surface area contributed by atoms with E-state index in [9.17, 15) is 0 Å². The summed E-state index contributed by atoms with van der Waals surface area (Å²) in [6, 6.07) is 13.0. The van der Waals surface area contributed by atoms with E-state index in [0.717, 1.165) is 0 Å². The lowest BCUT2D eigenvalue weighted by Gasteiger charge is -2.23. The van der Waals surface area contributed by atoms with Gasteiger partial charge in [-0.15, -0.1) is 11.6 Å². The average molecular weight is 274 g/mol. The van der Waals surface area contributed by atoms with E-state index < -0.39 is 0 Å². The molecule has 2 aromatic rings. The molecule has 0 saturated carbocycles. The minimum absolute atomic E-state index is 0.534. The van der Waals surface area contributed by atoms with E-state index in [2.05, 4.69) is 69.1 Å². The zero-order valence-corrected chi connectivity index (χ0v) is 12.8. The molecule has 2 heteroatoms. The van der Waals surface area contributed by atoms with Crippen LogP contribution >= 0.6 is 11.6 Å². The molecular weight excluding hydrogens is 254 g/mol. The molecule has 0 aliphatic carbocycles. The third-order valence-electron chi connectivity index (χ3n) is 3.33. The molecule has 0 fully saturated rings. The summed E-state index contributed by atoms with van der Waals surface area (Å²) in [7, 11) is 2.09. The van der Waals surface area contributed by atoms with Crippen LogP contribution in [0.4, 0.5) is 11.4 Å². The number of nitrogens with zero attached hydrogens (tertiary/aromatic N) is 1. The van der Waals surface area contributed by atoms with Crippen LogP contribution in [0.25, 0.3) is 0 Å². The monoisotopic (exact) mass is 273 g/mol. The minimum Gasteiger partial charge on any atom is -0.344 e. The standard InChI is InChI=1S/C17H20ClN/c1-12-5-6-17(15(8-12)11-18)19(4)16-9-13(2)7-14(3)10-16/h5-10H,11H2,1-4H3. The fourth-order valence-corrected chi connectivity index (χ4v) is 2.65. The summed E-state index contributed by atoms with van der Waals surface area (Å²) < 4.78 is 0. The molecular formula is C17H20ClN. The molecule has 0 amide bonds. The van der Waals surface area contributed by atoms with Gasteiger partial charge in [0.05, 0.1) is 0 Å². The molecule has 19 heavy (non-hydrogen) atoms. The summed E-state index contributed by atoms with van der Waals surface area (Å²) in [5, 5.41) is 0. The number of aryl methyl sites for hydroxylation is 3. The molecule has 2 rings (SSSR count). The topological polar surface area (TPSA) is 3.24 Å². The van der Waals surface area contributed by atoms with E-state index in [0.29, 0.717) is 5.88 Å². The quantitative estimate of drug-likeness (QED) is 0.702. The van der Waals surface area contributed by atoms with Gasteiger partial charge in [-0.3, -0.25) is 0 Å². The van der Waals surface area contributed by atoms with Crippen LogP contribution in [0.1, 0.15) is 22.3 Å². The molecule has 0 N–H and O–H groups in total. The minimum atomic E-state index is 0.534. The number of hydrogen-bond donors (Lipinski definition) is 0. The Morgan fingerprint density at radius 3 is 2.11 bits per heavy atom. The Morgan fingerprint density at radius 2 is 1.53 bits per heavy atom. The molecule has 0 radical (unpaired) electrons. The van der Waals surface area contributed by atoms with Gasteiger partial charge in [0, 0.05) is 24.3 Å². The first kappa shape index (κ1) is 14.0. The smallest absolute Gasteiger partial charge is 0.0494 e. The summed E-state index contributed by atoms with van der Waals surface area (Å²) >= 11 is 6.07. The Hall–Kier alpha value is -1.47. The van der Waals surface area contributed by atoms with Gasteiger partial charge in [0.2, 0.25) is 0 Å². The highest BCUT2D eigenvalue weighted by molar-refractivity contribution is 6.17. The second kappa shape index (κ2) is 5.66. The van der Waals surface area contributed by atoms with Crippen LogP contribution in [-0.2, 0) is 5.88 Å². The van der Waals surface area contributed by atoms with Gasteiger partial charge < -0.3 is 4.90 Å². The van der Waals surface area contributed by atoms with E-state index in [-0.39, 0.29) is 0 Å². The normalized spacial score (nSPS) is 10.6. The van der Waals surface area contributed by atoms with Crippen LogP contribution in [0.15, 0.2) is 36.4 Å². The maximum absolute atomic E-state index is 6.07. The fraction of sp³-hybridized carbons (Fsp3) is 0.294. The molecule has 100 valence electrons. The molecule has 1 nitrogen and oxygen atoms in total. The van der Waals surface area contributed by atoms with Crippen LogP contribution < -0.4 is 4.90 Å². The van der Waals surface area contributed by atoms with Crippen LogP contribution in [0.5, 0.6) is 0 Å². The number of anilines is 2. The highest BCUT2D eigenvalue weighted by atomic mass is 35.5. The van der Waals surface area contributed by atoms with Gasteiger partial charge in [-0.25, -0.2) is 0 Å². The zero-order chi connectivity index (χ0) is 14.0. The van der Waals surface area contributed by atoms with E-state index in [1.165, 1.54) is 33.6 Å². The van der Waals surface area contributed by atoms with Crippen LogP contribution in [0, 0.1) is 20.8 Å². The van der Waals surface area contributed by atoms with Crippen molar-refractivity contribution in [1.29, 1.82) is 0 Å². The highest BCUT2D eigenvalue weighted by Gasteiger charge is 2.09. The number of alkyl halides is 1.